The predicted octanol–water partition coefficient (Wildman–Crippen LogP) is 0.552. The average Bonchev–Trinajstić information content (AvgIpc) is 3.18. The van der Waals surface area contributed by atoms with Crippen molar-refractivity contribution in [1.29, 1.82) is 0 Å². The maximum atomic E-state index is 11.9. The van der Waals surface area contributed by atoms with Crippen molar-refractivity contribution in [3.05, 3.63) is 33.3 Å². The number of rotatable bonds is 5. The Labute approximate surface area is 124 Å². The van der Waals surface area contributed by atoms with E-state index in [2.05, 4.69) is 20.6 Å². The summed E-state index contributed by atoms with van der Waals surface area (Å²) in [4.78, 5) is 15.8. The lowest BCUT2D eigenvalue weighted by Crippen LogP contribution is -2.22. The summed E-state index contributed by atoms with van der Waals surface area (Å²) >= 11 is 1.22. The standard InChI is InChI=1S/C11H12N6O3S/c1-3-8-7(6-19-10-12-4-5-21-10)9(20-13-8)17-11(18)16(2)14-15-17/h4-5H,3,6H2,1-2H3/i4T. The number of tetrazole rings is 1. The molecule has 0 aliphatic carbocycles. The first-order valence-corrected chi connectivity index (χ1v) is 6.99. The highest BCUT2D eigenvalue weighted by molar-refractivity contribution is 7.11. The number of aryl methyl sites for hydroxylation is 2. The summed E-state index contributed by atoms with van der Waals surface area (Å²) < 4.78 is 20.3. The van der Waals surface area contributed by atoms with E-state index in [-0.39, 0.29) is 18.7 Å². The Kier molecular flexibility index (Phi) is 3.20. The number of nitrogens with zero attached hydrogens (tertiary/aromatic N) is 6. The van der Waals surface area contributed by atoms with Gasteiger partial charge in [-0.05, 0) is 16.8 Å². The van der Waals surface area contributed by atoms with Crippen LogP contribution >= 0.6 is 11.3 Å². The molecule has 0 spiro atoms. The third-order valence-electron chi connectivity index (χ3n) is 2.81. The molecule has 0 amide bonds. The van der Waals surface area contributed by atoms with Gasteiger partial charge >= 0.3 is 5.69 Å². The van der Waals surface area contributed by atoms with Crippen molar-refractivity contribution in [1.82, 2.24) is 29.9 Å². The van der Waals surface area contributed by atoms with E-state index in [9.17, 15) is 4.79 Å². The number of thiazole rings is 1. The maximum Gasteiger partial charge on any atom is 0.370 e. The minimum absolute atomic E-state index is 0.109. The van der Waals surface area contributed by atoms with Gasteiger partial charge in [-0.1, -0.05) is 23.4 Å². The van der Waals surface area contributed by atoms with Gasteiger partial charge in [0.15, 0.2) is 0 Å². The van der Waals surface area contributed by atoms with Gasteiger partial charge in [-0.25, -0.2) is 9.78 Å². The van der Waals surface area contributed by atoms with E-state index in [1.807, 2.05) is 6.92 Å². The number of hydrogen-bond acceptors (Lipinski definition) is 8. The molecule has 0 bridgehead atoms. The van der Waals surface area contributed by atoms with Crippen LogP contribution in [-0.2, 0) is 20.1 Å². The summed E-state index contributed by atoms with van der Waals surface area (Å²) in [5, 5.41) is 13.2. The third-order valence-corrected chi connectivity index (χ3v) is 3.44. The molecule has 9 nitrogen and oxygen atoms in total. The topological polar surface area (TPSA) is 101 Å². The molecule has 0 radical (unpaired) electrons. The molecule has 0 aliphatic heterocycles. The molecular formula is C11H12N6O3S. The Morgan fingerprint density at radius 1 is 1.52 bits per heavy atom. The molecular weight excluding hydrogens is 296 g/mol. The summed E-state index contributed by atoms with van der Waals surface area (Å²) in [5.41, 5.74) is 0.824. The van der Waals surface area contributed by atoms with E-state index in [4.69, 9.17) is 10.6 Å². The Balaban J connectivity index is 1.93. The van der Waals surface area contributed by atoms with Crippen LogP contribution in [0.5, 0.6) is 5.19 Å². The third kappa shape index (κ3) is 2.44. The summed E-state index contributed by atoms with van der Waals surface area (Å²) in [6, 6.07) is 0. The van der Waals surface area contributed by atoms with Gasteiger partial charge < -0.3 is 9.26 Å². The van der Waals surface area contributed by atoms with Gasteiger partial charge in [-0.2, -0.15) is 4.68 Å². The number of aromatic nitrogens is 6. The highest BCUT2D eigenvalue weighted by atomic mass is 32.1. The number of ether oxygens (including phenoxy) is 1. The molecule has 0 fully saturated rings. The van der Waals surface area contributed by atoms with Gasteiger partial charge in [0, 0.05) is 18.6 Å². The minimum Gasteiger partial charge on any atom is -0.465 e. The fourth-order valence-corrected chi connectivity index (χ4v) is 2.18. The molecule has 0 saturated carbocycles. The second kappa shape index (κ2) is 5.48. The molecule has 0 unspecified atom stereocenters. The first-order valence-electron chi connectivity index (χ1n) is 6.62. The molecule has 0 aromatic carbocycles. The lowest BCUT2D eigenvalue weighted by atomic mass is 10.2. The van der Waals surface area contributed by atoms with Crippen LogP contribution in [-0.4, -0.2) is 29.9 Å². The molecule has 10 heteroatoms. The maximum absolute atomic E-state index is 11.9. The first-order chi connectivity index (χ1) is 10.6. The van der Waals surface area contributed by atoms with Crippen LogP contribution in [0.3, 0.4) is 0 Å². The average molecular weight is 310 g/mol. The molecule has 3 rings (SSSR count). The highest BCUT2D eigenvalue weighted by Gasteiger charge is 2.21. The minimum atomic E-state index is -0.442. The van der Waals surface area contributed by atoms with Crippen molar-refractivity contribution in [3.63, 3.8) is 0 Å². The molecule has 110 valence electrons. The zero-order chi connectivity index (χ0) is 15.7. The van der Waals surface area contributed by atoms with E-state index in [1.54, 1.807) is 5.38 Å². The molecule has 3 heterocycles. The van der Waals surface area contributed by atoms with Crippen LogP contribution in [0.2, 0.25) is 0 Å². The van der Waals surface area contributed by atoms with Crippen LogP contribution in [0.4, 0.5) is 0 Å². The van der Waals surface area contributed by atoms with Crippen LogP contribution in [0.15, 0.2) is 20.9 Å². The van der Waals surface area contributed by atoms with Crippen molar-refractivity contribution < 1.29 is 10.6 Å². The molecule has 0 atom stereocenters. The Morgan fingerprint density at radius 2 is 2.38 bits per heavy atom. The summed E-state index contributed by atoms with van der Waals surface area (Å²) in [6.07, 6.45) is 0.755. The van der Waals surface area contributed by atoms with E-state index in [1.165, 1.54) is 18.4 Å². The molecule has 0 N–H and O–H groups in total. The van der Waals surface area contributed by atoms with Crippen molar-refractivity contribution in [2.75, 3.05) is 0 Å². The van der Waals surface area contributed by atoms with Gasteiger partial charge in [0.25, 0.3) is 11.1 Å². The van der Waals surface area contributed by atoms with Crippen molar-refractivity contribution in [3.8, 4) is 11.1 Å². The van der Waals surface area contributed by atoms with Gasteiger partial charge in [-0.3, -0.25) is 0 Å². The van der Waals surface area contributed by atoms with E-state index in [0.717, 1.165) is 9.36 Å². The molecule has 21 heavy (non-hydrogen) atoms. The fraction of sp³-hybridized carbons (Fsp3) is 0.364. The lowest BCUT2D eigenvalue weighted by molar-refractivity contribution is 0.300. The van der Waals surface area contributed by atoms with Crippen molar-refractivity contribution in [2.45, 2.75) is 20.0 Å². The number of hydrogen-bond donors (Lipinski definition) is 0. The lowest BCUT2D eigenvalue weighted by Gasteiger charge is -2.02. The van der Waals surface area contributed by atoms with Crippen LogP contribution in [0.1, 0.15) is 19.6 Å². The molecule has 0 aliphatic rings. The summed E-state index contributed by atoms with van der Waals surface area (Å²) in [7, 11) is 1.49. The Morgan fingerprint density at radius 3 is 3.00 bits per heavy atom. The predicted molar refractivity (Wildman–Crippen MR) is 72.5 cm³/mol. The second-order valence-electron chi connectivity index (χ2n) is 4.09. The quantitative estimate of drug-likeness (QED) is 0.678. The monoisotopic (exact) mass is 310 g/mol. The van der Waals surface area contributed by atoms with Gasteiger partial charge in [0.2, 0.25) is 0 Å². The summed E-state index contributed by atoms with van der Waals surface area (Å²) in [6.45, 7) is 2.02. The Hall–Kier alpha value is -2.49. The fourth-order valence-electron chi connectivity index (χ4n) is 1.74. The van der Waals surface area contributed by atoms with Gasteiger partial charge in [0.1, 0.15) is 6.61 Å². The SMILES string of the molecule is [3H]c1csc(OCc2c(CC)noc2-n2nnn(C)c2=O)n1. The van der Waals surface area contributed by atoms with E-state index >= 15 is 0 Å². The zero-order valence-corrected chi connectivity index (χ0v) is 12.1. The van der Waals surface area contributed by atoms with Gasteiger partial charge in [-0.15, -0.1) is 4.68 Å². The van der Waals surface area contributed by atoms with Gasteiger partial charge in [0.05, 0.1) is 12.6 Å². The molecule has 3 aromatic heterocycles. The van der Waals surface area contributed by atoms with Crippen LogP contribution < -0.4 is 10.4 Å². The smallest absolute Gasteiger partial charge is 0.370 e. The first kappa shape index (κ1) is 12.3. The largest absolute Gasteiger partial charge is 0.465 e. The van der Waals surface area contributed by atoms with Crippen LogP contribution in [0, 0.1) is 0 Å². The van der Waals surface area contributed by atoms with E-state index < -0.39 is 5.69 Å². The van der Waals surface area contributed by atoms with Crippen molar-refractivity contribution >= 4 is 11.3 Å². The second-order valence-corrected chi connectivity index (χ2v) is 4.92. The normalized spacial score (nSPS) is 11.6. The molecule has 3 aromatic rings. The molecule has 0 saturated heterocycles. The van der Waals surface area contributed by atoms with Crippen LogP contribution in [0.25, 0.3) is 5.88 Å². The van der Waals surface area contributed by atoms with Crippen molar-refractivity contribution in [2.24, 2.45) is 7.05 Å². The highest BCUT2D eigenvalue weighted by Crippen LogP contribution is 2.21. The van der Waals surface area contributed by atoms with E-state index in [0.29, 0.717) is 22.9 Å². The Bertz CT molecular complexity index is 850. The zero-order valence-electron chi connectivity index (χ0n) is 12.3. The summed E-state index contributed by atoms with van der Waals surface area (Å²) in [5.74, 6) is 0.178.